The van der Waals surface area contributed by atoms with E-state index < -0.39 is 24.5 Å². The van der Waals surface area contributed by atoms with E-state index in [0.29, 0.717) is 6.42 Å². The van der Waals surface area contributed by atoms with Crippen molar-refractivity contribution in [2.24, 2.45) is 0 Å². The number of carbonyl (C=O) groups excluding carboxylic acids is 2. The van der Waals surface area contributed by atoms with Crippen molar-refractivity contribution in [3.63, 3.8) is 0 Å². The van der Waals surface area contributed by atoms with Gasteiger partial charge in [0.1, 0.15) is 19.7 Å². The van der Waals surface area contributed by atoms with Gasteiger partial charge in [0.05, 0.1) is 0 Å². The molecule has 2 aromatic carbocycles. The number of amides is 2. The number of hydrogen-bond acceptors (Lipinski definition) is 4. The SMILES string of the molecule is CCC(C)N(CC(=O)O)C(=O)CNC(=O)OCC1c2ccccc2-c2ccccc21. The first-order chi connectivity index (χ1) is 14.4. The lowest BCUT2D eigenvalue weighted by Gasteiger charge is -2.27. The molecule has 1 aliphatic carbocycles. The molecular formula is C23H26N2O5. The summed E-state index contributed by atoms with van der Waals surface area (Å²) in [5.41, 5.74) is 4.48. The van der Waals surface area contributed by atoms with Crippen LogP contribution in [0.4, 0.5) is 4.79 Å². The average Bonchev–Trinajstić information content (AvgIpc) is 3.07. The molecule has 2 aromatic rings. The fraction of sp³-hybridized carbons (Fsp3) is 0.348. The average molecular weight is 410 g/mol. The van der Waals surface area contributed by atoms with E-state index in [2.05, 4.69) is 17.4 Å². The molecule has 30 heavy (non-hydrogen) atoms. The lowest BCUT2D eigenvalue weighted by Crippen LogP contribution is -2.46. The Bertz CT molecular complexity index is 897. The molecule has 7 heteroatoms. The van der Waals surface area contributed by atoms with E-state index in [4.69, 9.17) is 9.84 Å². The third-order valence-corrected chi connectivity index (χ3v) is 5.48. The van der Waals surface area contributed by atoms with Crippen LogP contribution >= 0.6 is 0 Å². The van der Waals surface area contributed by atoms with Gasteiger partial charge in [-0.3, -0.25) is 9.59 Å². The quantitative estimate of drug-likeness (QED) is 0.697. The summed E-state index contributed by atoms with van der Waals surface area (Å²) in [4.78, 5) is 36.8. The summed E-state index contributed by atoms with van der Waals surface area (Å²) in [6, 6.07) is 15.8. The third kappa shape index (κ3) is 4.62. The Morgan fingerprint density at radius 3 is 2.17 bits per heavy atom. The first-order valence-electron chi connectivity index (χ1n) is 10.0. The van der Waals surface area contributed by atoms with Gasteiger partial charge in [-0.2, -0.15) is 0 Å². The van der Waals surface area contributed by atoms with E-state index in [1.807, 2.05) is 43.3 Å². The van der Waals surface area contributed by atoms with Crippen LogP contribution in [-0.4, -0.2) is 53.7 Å². The Morgan fingerprint density at radius 1 is 1.07 bits per heavy atom. The van der Waals surface area contributed by atoms with Crippen LogP contribution in [-0.2, 0) is 14.3 Å². The smallest absolute Gasteiger partial charge is 0.407 e. The van der Waals surface area contributed by atoms with Gasteiger partial charge >= 0.3 is 12.1 Å². The molecule has 0 radical (unpaired) electrons. The molecule has 158 valence electrons. The minimum atomic E-state index is -1.09. The van der Waals surface area contributed by atoms with Crippen LogP contribution in [0.25, 0.3) is 11.1 Å². The van der Waals surface area contributed by atoms with Gasteiger partial charge < -0.3 is 20.1 Å². The number of carboxylic acids is 1. The van der Waals surface area contributed by atoms with Crippen molar-refractivity contribution in [3.8, 4) is 11.1 Å². The fourth-order valence-electron chi connectivity index (χ4n) is 3.75. The molecule has 0 aliphatic heterocycles. The zero-order valence-corrected chi connectivity index (χ0v) is 17.1. The molecular weight excluding hydrogens is 384 g/mol. The normalized spacial score (nSPS) is 13.1. The topological polar surface area (TPSA) is 95.9 Å². The predicted molar refractivity (Wildman–Crippen MR) is 112 cm³/mol. The largest absolute Gasteiger partial charge is 0.480 e. The Balaban J connectivity index is 1.59. The highest BCUT2D eigenvalue weighted by Gasteiger charge is 2.29. The minimum Gasteiger partial charge on any atom is -0.480 e. The summed E-state index contributed by atoms with van der Waals surface area (Å²) >= 11 is 0. The first-order valence-corrected chi connectivity index (χ1v) is 10.0. The molecule has 0 spiro atoms. The standard InChI is InChI=1S/C23H26N2O5/c1-3-15(2)25(13-22(27)28)21(26)12-24-23(29)30-14-20-18-10-6-4-8-16(18)17-9-5-7-11-19(17)20/h4-11,15,20H,3,12-14H2,1-2H3,(H,24,29)(H,27,28). The molecule has 2 N–H and O–H groups in total. The maximum atomic E-state index is 12.4. The van der Waals surface area contributed by atoms with E-state index in [1.165, 1.54) is 4.90 Å². The number of ether oxygens (including phenoxy) is 1. The zero-order chi connectivity index (χ0) is 21.7. The van der Waals surface area contributed by atoms with E-state index >= 15 is 0 Å². The van der Waals surface area contributed by atoms with Gasteiger partial charge in [-0.1, -0.05) is 55.5 Å². The maximum Gasteiger partial charge on any atom is 0.407 e. The van der Waals surface area contributed by atoms with Gasteiger partial charge in [0.15, 0.2) is 0 Å². The molecule has 1 aliphatic rings. The zero-order valence-electron chi connectivity index (χ0n) is 17.1. The second-order valence-corrected chi connectivity index (χ2v) is 7.35. The van der Waals surface area contributed by atoms with Crippen LogP contribution in [0.1, 0.15) is 37.3 Å². The van der Waals surface area contributed by atoms with Gasteiger partial charge in [0, 0.05) is 12.0 Å². The van der Waals surface area contributed by atoms with Gasteiger partial charge in [-0.25, -0.2) is 4.79 Å². The fourth-order valence-corrected chi connectivity index (χ4v) is 3.75. The number of alkyl carbamates (subject to hydrolysis) is 1. The van der Waals surface area contributed by atoms with Crippen LogP contribution in [0.5, 0.6) is 0 Å². The van der Waals surface area contributed by atoms with E-state index in [1.54, 1.807) is 6.92 Å². The molecule has 0 saturated carbocycles. The molecule has 0 fully saturated rings. The number of aliphatic carboxylic acids is 1. The van der Waals surface area contributed by atoms with Crippen molar-refractivity contribution >= 4 is 18.0 Å². The number of nitrogens with one attached hydrogen (secondary N) is 1. The molecule has 1 atom stereocenters. The summed E-state index contributed by atoms with van der Waals surface area (Å²) in [5, 5.41) is 11.5. The third-order valence-electron chi connectivity index (χ3n) is 5.48. The summed E-state index contributed by atoms with van der Waals surface area (Å²) < 4.78 is 5.40. The summed E-state index contributed by atoms with van der Waals surface area (Å²) in [6.07, 6.45) is -0.0890. The molecule has 0 heterocycles. The highest BCUT2D eigenvalue weighted by molar-refractivity contribution is 5.85. The second-order valence-electron chi connectivity index (χ2n) is 7.35. The van der Waals surface area contributed by atoms with Crippen molar-refractivity contribution in [1.82, 2.24) is 10.2 Å². The van der Waals surface area contributed by atoms with Crippen LogP contribution in [0.2, 0.25) is 0 Å². The van der Waals surface area contributed by atoms with Crippen LogP contribution in [0.3, 0.4) is 0 Å². The van der Waals surface area contributed by atoms with E-state index in [9.17, 15) is 14.4 Å². The highest BCUT2D eigenvalue weighted by Crippen LogP contribution is 2.44. The molecule has 2 amide bonds. The van der Waals surface area contributed by atoms with Crippen LogP contribution < -0.4 is 5.32 Å². The maximum absolute atomic E-state index is 12.4. The lowest BCUT2D eigenvalue weighted by molar-refractivity contribution is -0.145. The number of rotatable bonds is 8. The van der Waals surface area contributed by atoms with E-state index in [-0.39, 0.29) is 25.1 Å². The van der Waals surface area contributed by atoms with Crippen molar-refractivity contribution in [1.29, 1.82) is 0 Å². The Kier molecular flexibility index (Phi) is 6.72. The number of carboxylic acid groups (broad SMARTS) is 1. The number of fused-ring (bicyclic) bond motifs is 3. The number of carbonyl (C=O) groups is 3. The summed E-state index contributed by atoms with van der Waals surface area (Å²) in [5.74, 6) is -1.62. The highest BCUT2D eigenvalue weighted by atomic mass is 16.5. The van der Waals surface area contributed by atoms with Crippen molar-refractivity contribution in [2.75, 3.05) is 19.7 Å². The monoisotopic (exact) mass is 410 g/mol. The van der Waals surface area contributed by atoms with Gasteiger partial charge in [0.25, 0.3) is 0 Å². The van der Waals surface area contributed by atoms with Gasteiger partial charge in [-0.05, 0) is 35.6 Å². The molecule has 0 aromatic heterocycles. The molecule has 3 rings (SSSR count). The van der Waals surface area contributed by atoms with Crippen molar-refractivity contribution in [2.45, 2.75) is 32.2 Å². The Hall–Kier alpha value is -3.35. The van der Waals surface area contributed by atoms with Crippen LogP contribution in [0, 0.1) is 0 Å². The van der Waals surface area contributed by atoms with Gasteiger partial charge in [-0.15, -0.1) is 0 Å². The van der Waals surface area contributed by atoms with Gasteiger partial charge in [0.2, 0.25) is 5.91 Å². The molecule has 7 nitrogen and oxygen atoms in total. The first kappa shape index (κ1) is 21.4. The molecule has 0 saturated heterocycles. The Morgan fingerprint density at radius 2 is 1.63 bits per heavy atom. The number of nitrogens with zero attached hydrogens (tertiary/aromatic N) is 1. The van der Waals surface area contributed by atoms with Crippen molar-refractivity contribution in [3.05, 3.63) is 59.7 Å². The van der Waals surface area contributed by atoms with E-state index in [0.717, 1.165) is 22.3 Å². The lowest BCUT2D eigenvalue weighted by atomic mass is 9.98. The summed E-state index contributed by atoms with van der Waals surface area (Å²) in [7, 11) is 0. The molecule has 0 bridgehead atoms. The predicted octanol–water partition coefficient (Wildman–Crippen LogP) is 3.24. The second kappa shape index (κ2) is 9.43. The molecule has 1 unspecified atom stereocenters. The summed E-state index contributed by atoms with van der Waals surface area (Å²) in [6.45, 7) is 3.08. The number of benzene rings is 2. The minimum absolute atomic E-state index is 0.0672. The number of hydrogen-bond donors (Lipinski definition) is 2. The van der Waals surface area contributed by atoms with Crippen LogP contribution in [0.15, 0.2) is 48.5 Å². The Labute approximate surface area is 175 Å². The van der Waals surface area contributed by atoms with Crippen molar-refractivity contribution < 1.29 is 24.2 Å².